The van der Waals surface area contributed by atoms with Crippen LogP contribution in [0.2, 0.25) is 0 Å². The van der Waals surface area contributed by atoms with E-state index in [1.165, 1.54) is 0 Å². The number of likely N-dealkylation sites (tertiary alicyclic amines) is 1. The molecule has 1 aliphatic heterocycles. The van der Waals surface area contributed by atoms with E-state index >= 15 is 0 Å². The van der Waals surface area contributed by atoms with Crippen molar-refractivity contribution in [1.82, 2.24) is 15.5 Å². The lowest BCUT2D eigenvalue weighted by Gasteiger charge is -2.39. The van der Waals surface area contributed by atoms with Gasteiger partial charge in [-0.05, 0) is 70.3 Å². The molecule has 2 amide bonds. The number of rotatable bonds is 6. The van der Waals surface area contributed by atoms with Crippen LogP contribution >= 0.6 is 0 Å². The van der Waals surface area contributed by atoms with E-state index in [-0.39, 0.29) is 22.8 Å². The van der Waals surface area contributed by atoms with E-state index in [1.807, 2.05) is 32.9 Å². The monoisotopic (exact) mass is 375 g/mol. The molecule has 0 radical (unpaired) electrons. The summed E-state index contributed by atoms with van der Waals surface area (Å²) in [4.78, 5) is 26.7. The maximum Gasteiger partial charge on any atom is 0.251 e. The molecule has 2 rings (SSSR count). The van der Waals surface area contributed by atoms with Gasteiger partial charge in [-0.1, -0.05) is 13.0 Å². The molecule has 0 bridgehead atoms. The predicted molar refractivity (Wildman–Crippen MR) is 107 cm³/mol. The molecule has 1 saturated heterocycles. The van der Waals surface area contributed by atoms with Gasteiger partial charge < -0.3 is 15.4 Å². The van der Waals surface area contributed by atoms with E-state index < -0.39 is 0 Å². The van der Waals surface area contributed by atoms with Crippen LogP contribution in [0.3, 0.4) is 0 Å². The van der Waals surface area contributed by atoms with Crippen LogP contribution in [0, 0.1) is 5.41 Å². The first kappa shape index (κ1) is 21.2. The molecule has 0 atom stereocenters. The first-order valence-electron chi connectivity index (χ1n) is 9.56. The Labute approximate surface area is 162 Å². The highest BCUT2D eigenvalue weighted by Gasteiger charge is 2.31. The minimum atomic E-state index is -0.203. The highest BCUT2D eigenvalue weighted by molar-refractivity contribution is 5.94. The molecule has 1 aromatic carbocycles. The Morgan fingerprint density at radius 3 is 2.48 bits per heavy atom. The SMILES string of the molecule is COc1cccc(C(=O)NCC2(C)CCN(CC(=O)NC(C)(C)C)CC2)c1. The molecule has 6 heteroatoms. The van der Waals surface area contributed by atoms with E-state index in [0.29, 0.717) is 24.4 Å². The third-order valence-corrected chi connectivity index (χ3v) is 4.95. The van der Waals surface area contributed by atoms with Gasteiger partial charge in [-0.3, -0.25) is 14.5 Å². The number of piperidine rings is 1. The van der Waals surface area contributed by atoms with Crippen molar-refractivity contribution in [1.29, 1.82) is 0 Å². The normalized spacial score (nSPS) is 17.2. The summed E-state index contributed by atoms with van der Waals surface area (Å²) in [6, 6.07) is 7.17. The summed E-state index contributed by atoms with van der Waals surface area (Å²) < 4.78 is 5.17. The van der Waals surface area contributed by atoms with Crippen molar-refractivity contribution in [3.63, 3.8) is 0 Å². The van der Waals surface area contributed by atoms with E-state index in [0.717, 1.165) is 25.9 Å². The van der Waals surface area contributed by atoms with Gasteiger partial charge in [-0.2, -0.15) is 0 Å². The number of nitrogens with one attached hydrogen (secondary N) is 2. The first-order valence-corrected chi connectivity index (χ1v) is 9.56. The van der Waals surface area contributed by atoms with E-state index in [2.05, 4.69) is 22.5 Å². The maximum atomic E-state index is 12.4. The molecule has 6 nitrogen and oxygen atoms in total. The zero-order valence-corrected chi connectivity index (χ0v) is 17.2. The fourth-order valence-electron chi connectivity index (χ4n) is 3.25. The third-order valence-electron chi connectivity index (χ3n) is 4.95. The average Bonchev–Trinajstić information content (AvgIpc) is 2.60. The number of nitrogens with zero attached hydrogens (tertiary/aromatic N) is 1. The van der Waals surface area contributed by atoms with Crippen LogP contribution in [-0.4, -0.2) is 55.5 Å². The molecule has 27 heavy (non-hydrogen) atoms. The Kier molecular flexibility index (Phi) is 6.87. The zero-order valence-electron chi connectivity index (χ0n) is 17.2. The minimum absolute atomic E-state index is 0.0472. The molecule has 0 unspecified atom stereocenters. The van der Waals surface area contributed by atoms with Crippen LogP contribution in [-0.2, 0) is 4.79 Å². The number of ether oxygens (including phenoxy) is 1. The summed E-state index contributed by atoms with van der Waals surface area (Å²) in [7, 11) is 1.59. The molecule has 1 fully saturated rings. The molecule has 0 saturated carbocycles. The summed E-state index contributed by atoms with van der Waals surface area (Å²) in [6.07, 6.45) is 1.91. The van der Waals surface area contributed by atoms with Crippen molar-refractivity contribution in [2.24, 2.45) is 5.41 Å². The van der Waals surface area contributed by atoms with Gasteiger partial charge in [0.15, 0.2) is 0 Å². The number of carbonyl (C=O) groups excluding carboxylic acids is 2. The lowest BCUT2D eigenvalue weighted by atomic mass is 9.80. The van der Waals surface area contributed by atoms with Gasteiger partial charge in [0, 0.05) is 17.6 Å². The molecule has 150 valence electrons. The molecular weight excluding hydrogens is 342 g/mol. The average molecular weight is 376 g/mol. The summed E-state index contributed by atoms with van der Waals surface area (Å²) in [5.41, 5.74) is 0.450. The van der Waals surface area contributed by atoms with Crippen LogP contribution in [0.15, 0.2) is 24.3 Å². The number of methoxy groups -OCH3 is 1. The first-order chi connectivity index (χ1) is 12.6. The molecule has 0 aromatic heterocycles. The van der Waals surface area contributed by atoms with E-state index in [4.69, 9.17) is 4.74 Å². The Bertz CT molecular complexity index is 659. The van der Waals surface area contributed by atoms with Crippen molar-refractivity contribution in [3.05, 3.63) is 29.8 Å². The van der Waals surface area contributed by atoms with Crippen molar-refractivity contribution in [2.75, 3.05) is 33.3 Å². The maximum absolute atomic E-state index is 12.4. The second-order valence-electron chi connectivity index (χ2n) is 8.80. The number of hydrogen-bond donors (Lipinski definition) is 2. The van der Waals surface area contributed by atoms with Crippen LogP contribution in [0.5, 0.6) is 5.75 Å². The van der Waals surface area contributed by atoms with Gasteiger partial charge in [0.2, 0.25) is 5.91 Å². The van der Waals surface area contributed by atoms with Gasteiger partial charge in [0.05, 0.1) is 13.7 Å². The standard InChI is InChI=1S/C21H33N3O3/c1-20(2,3)23-18(25)14-24-11-9-21(4,10-12-24)15-22-19(26)16-7-6-8-17(13-16)27-5/h6-8,13H,9-12,14-15H2,1-5H3,(H,22,26)(H,23,25). The van der Waals surface area contributed by atoms with Crippen molar-refractivity contribution in [3.8, 4) is 5.75 Å². The molecule has 1 aromatic rings. The second kappa shape index (κ2) is 8.74. The zero-order chi connectivity index (χ0) is 20.1. The molecule has 0 aliphatic carbocycles. The van der Waals surface area contributed by atoms with Crippen LogP contribution in [0.25, 0.3) is 0 Å². The quantitative estimate of drug-likeness (QED) is 0.801. The van der Waals surface area contributed by atoms with Crippen molar-refractivity contribution >= 4 is 11.8 Å². The van der Waals surface area contributed by atoms with Crippen molar-refractivity contribution < 1.29 is 14.3 Å². The minimum Gasteiger partial charge on any atom is -0.497 e. The molecule has 1 aliphatic rings. The number of carbonyl (C=O) groups is 2. The Morgan fingerprint density at radius 2 is 1.89 bits per heavy atom. The van der Waals surface area contributed by atoms with Gasteiger partial charge in [-0.15, -0.1) is 0 Å². The van der Waals surface area contributed by atoms with E-state index in [1.54, 1.807) is 19.2 Å². The highest BCUT2D eigenvalue weighted by Crippen LogP contribution is 2.30. The van der Waals surface area contributed by atoms with E-state index in [9.17, 15) is 9.59 Å². The number of benzene rings is 1. The number of amides is 2. The van der Waals surface area contributed by atoms with Gasteiger partial charge in [0.1, 0.15) is 5.75 Å². The summed E-state index contributed by atoms with van der Waals surface area (Å²) in [6.45, 7) is 11.0. The Hall–Kier alpha value is -2.08. The van der Waals surface area contributed by atoms with Crippen LogP contribution in [0.4, 0.5) is 0 Å². The Balaban J connectivity index is 1.80. The second-order valence-corrected chi connectivity index (χ2v) is 8.80. The largest absolute Gasteiger partial charge is 0.497 e. The number of hydrogen-bond acceptors (Lipinski definition) is 4. The molecule has 2 N–H and O–H groups in total. The summed E-state index contributed by atoms with van der Waals surface area (Å²) in [5.74, 6) is 0.662. The fourth-order valence-corrected chi connectivity index (χ4v) is 3.25. The molecular formula is C21H33N3O3. The summed E-state index contributed by atoms with van der Waals surface area (Å²) >= 11 is 0. The van der Waals surface area contributed by atoms with Gasteiger partial charge in [0.25, 0.3) is 5.91 Å². The van der Waals surface area contributed by atoms with Gasteiger partial charge in [-0.25, -0.2) is 0 Å². The third kappa shape index (κ3) is 6.86. The molecule has 1 heterocycles. The smallest absolute Gasteiger partial charge is 0.251 e. The van der Waals surface area contributed by atoms with Crippen molar-refractivity contribution in [2.45, 2.75) is 46.1 Å². The fraction of sp³-hybridized carbons (Fsp3) is 0.619. The topological polar surface area (TPSA) is 70.7 Å². The lowest BCUT2D eigenvalue weighted by molar-refractivity contribution is -0.124. The van der Waals surface area contributed by atoms with Crippen LogP contribution in [0.1, 0.15) is 50.9 Å². The van der Waals surface area contributed by atoms with Crippen LogP contribution < -0.4 is 15.4 Å². The lowest BCUT2D eigenvalue weighted by Crippen LogP contribution is -2.50. The van der Waals surface area contributed by atoms with Gasteiger partial charge >= 0.3 is 0 Å². The summed E-state index contributed by atoms with van der Waals surface area (Å²) in [5, 5.41) is 6.06. The highest BCUT2D eigenvalue weighted by atomic mass is 16.5. The predicted octanol–water partition coefficient (Wildman–Crippen LogP) is 2.44. The Morgan fingerprint density at radius 1 is 1.22 bits per heavy atom. The molecule has 0 spiro atoms.